The van der Waals surface area contributed by atoms with E-state index in [1.807, 2.05) is 212 Å². The molecule has 7 aromatic carbocycles. The molecule has 0 bridgehead atoms. The Kier molecular flexibility index (Phi) is 20.6. The van der Waals surface area contributed by atoms with Crippen LogP contribution in [0.25, 0.3) is 0 Å². The fourth-order valence-corrected chi connectivity index (χ4v) is 9.99. The zero-order valence-electron chi connectivity index (χ0n) is 43.6. The highest BCUT2D eigenvalue weighted by molar-refractivity contribution is 5.20. The van der Waals surface area contributed by atoms with Crippen LogP contribution in [-0.2, 0) is 93.6 Å². The van der Waals surface area contributed by atoms with Gasteiger partial charge in [-0.3, -0.25) is 0 Å². The Morgan fingerprint density at radius 3 is 1.18 bits per heavy atom. The van der Waals surface area contributed by atoms with Crippen LogP contribution in [-0.4, -0.2) is 79.2 Å². The average Bonchev–Trinajstić information content (AvgIpc) is 3.47. The van der Waals surface area contributed by atoms with Gasteiger partial charge in [0.25, 0.3) is 0 Å². The minimum atomic E-state index is -1.40. The van der Waals surface area contributed by atoms with Gasteiger partial charge in [0, 0.05) is 0 Å². The van der Waals surface area contributed by atoms with Gasteiger partial charge in [-0.25, -0.2) is 0 Å². The maximum absolute atomic E-state index is 13.1. The molecule has 0 aromatic heterocycles. The molecule has 2 saturated heterocycles. The summed E-state index contributed by atoms with van der Waals surface area (Å²) in [6.45, 7) is 5.98. The van der Waals surface area contributed by atoms with Crippen molar-refractivity contribution in [2.75, 3.05) is 13.2 Å². The first-order valence-electron chi connectivity index (χ1n) is 26.6. The molecular weight excluding hydrogens is 957 g/mol. The molecule has 2 aliphatic heterocycles. The van der Waals surface area contributed by atoms with Gasteiger partial charge in [0.2, 0.25) is 0 Å². The fourth-order valence-electron chi connectivity index (χ4n) is 9.99. The molecule has 2 aliphatic rings. The van der Waals surface area contributed by atoms with Crippen molar-refractivity contribution in [1.29, 1.82) is 0 Å². The van der Waals surface area contributed by atoms with E-state index in [9.17, 15) is 5.11 Å². The maximum Gasteiger partial charge on any atom is 0.187 e. The third-order valence-corrected chi connectivity index (χ3v) is 13.7. The van der Waals surface area contributed by atoms with E-state index in [4.69, 9.17) is 47.4 Å². The lowest BCUT2D eigenvalue weighted by Gasteiger charge is -2.54. The lowest BCUT2D eigenvalue weighted by Crippen LogP contribution is -2.71. The highest BCUT2D eigenvalue weighted by Crippen LogP contribution is 2.43. The molecule has 10 unspecified atom stereocenters. The van der Waals surface area contributed by atoms with Gasteiger partial charge in [0.05, 0.1) is 59.5 Å². The first kappa shape index (κ1) is 54.9. The molecule has 10 atom stereocenters. The number of aliphatic hydroxyl groups is 1. The van der Waals surface area contributed by atoms with Crippen molar-refractivity contribution in [3.8, 4) is 0 Å². The van der Waals surface area contributed by atoms with Crippen molar-refractivity contribution in [1.82, 2.24) is 0 Å². The number of hydrogen-bond donors (Lipinski definition) is 1. The van der Waals surface area contributed by atoms with Gasteiger partial charge >= 0.3 is 0 Å². The van der Waals surface area contributed by atoms with E-state index in [1.54, 1.807) is 0 Å². The highest BCUT2D eigenvalue weighted by Gasteiger charge is 2.61. The zero-order chi connectivity index (χ0) is 52.2. The molecule has 2 heterocycles. The van der Waals surface area contributed by atoms with Gasteiger partial charge in [-0.1, -0.05) is 226 Å². The smallest absolute Gasteiger partial charge is 0.187 e. The lowest BCUT2D eigenvalue weighted by atomic mass is 9.77. The lowest BCUT2D eigenvalue weighted by molar-refractivity contribution is -0.392. The summed E-state index contributed by atoms with van der Waals surface area (Å²) in [5.74, 6) is 0.0234. The largest absolute Gasteiger partial charge is 0.387 e. The molecule has 11 heteroatoms. The van der Waals surface area contributed by atoms with Crippen LogP contribution in [0.15, 0.2) is 212 Å². The van der Waals surface area contributed by atoms with E-state index >= 15 is 0 Å². The van der Waals surface area contributed by atoms with Gasteiger partial charge in [0.1, 0.15) is 48.3 Å². The summed E-state index contributed by atoms with van der Waals surface area (Å²) < 4.78 is 70.3. The van der Waals surface area contributed by atoms with Crippen molar-refractivity contribution in [2.45, 2.75) is 127 Å². The van der Waals surface area contributed by atoms with Gasteiger partial charge in [-0.2, -0.15) is 0 Å². The van der Waals surface area contributed by atoms with E-state index in [0.717, 1.165) is 38.9 Å². The number of aliphatic hydroxyl groups excluding tert-OH is 1. The molecule has 398 valence electrons. The number of benzene rings is 7. The molecule has 0 saturated carbocycles. The van der Waals surface area contributed by atoms with Crippen LogP contribution in [0.4, 0.5) is 0 Å². The van der Waals surface area contributed by atoms with Crippen LogP contribution in [0.5, 0.6) is 0 Å². The van der Waals surface area contributed by atoms with Gasteiger partial charge in [-0.05, 0) is 51.3 Å². The van der Waals surface area contributed by atoms with Crippen molar-refractivity contribution < 1.29 is 52.5 Å². The molecular formula is C65H72O11. The van der Waals surface area contributed by atoms with Crippen LogP contribution in [0.2, 0.25) is 0 Å². The van der Waals surface area contributed by atoms with E-state index in [-0.39, 0.29) is 52.2 Å². The second kappa shape index (κ2) is 28.5. The van der Waals surface area contributed by atoms with Crippen LogP contribution in [0.3, 0.4) is 0 Å². The van der Waals surface area contributed by atoms with Crippen molar-refractivity contribution >= 4 is 0 Å². The molecule has 0 spiro atoms. The molecule has 1 N–H and O–H groups in total. The molecule has 7 aromatic rings. The summed E-state index contributed by atoms with van der Waals surface area (Å²) in [5, 5.41) is 13.1. The Bertz CT molecular complexity index is 2670. The molecule has 0 radical (unpaired) electrons. The minimum Gasteiger partial charge on any atom is -0.387 e. The normalized spacial score (nSPS) is 24.6. The van der Waals surface area contributed by atoms with Gasteiger partial charge in [-0.15, -0.1) is 0 Å². The van der Waals surface area contributed by atoms with Crippen LogP contribution < -0.4 is 0 Å². The van der Waals surface area contributed by atoms with Gasteiger partial charge < -0.3 is 52.5 Å². The monoisotopic (exact) mass is 1030 g/mol. The summed E-state index contributed by atoms with van der Waals surface area (Å²) in [6.07, 6.45) is -8.41. The number of hydrogen-bond acceptors (Lipinski definition) is 11. The van der Waals surface area contributed by atoms with Crippen LogP contribution in [0.1, 0.15) is 59.2 Å². The Hall–Kier alpha value is -5.90. The summed E-state index contributed by atoms with van der Waals surface area (Å²) in [4.78, 5) is 0. The van der Waals surface area contributed by atoms with Gasteiger partial charge in [0.15, 0.2) is 12.6 Å². The van der Waals surface area contributed by atoms with E-state index in [2.05, 4.69) is 13.8 Å². The number of ether oxygens (including phenoxy) is 10. The average molecular weight is 1030 g/mol. The minimum absolute atomic E-state index is 0.0206. The molecule has 0 aliphatic carbocycles. The predicted molar refractivity (Wildman–Crippen MR) is 290 cm³/mol. The Labute approximate surface area is 448 Å². The Morgan fingerprint density at radius 2 is 0.750 bits per heavy atom. The first-order chi connectivity index (χ1) is 37.4. The van der Waals surface area contributed by atoms with E-state index < -0.39 is 60.9 Å². The quantitative estimate of drug-likeness (QED) is 0.0531. The van der Waals surface area contributed by atoms with E-state index in [1.165, 1.54) is 0 Å². The Balaban J connectivity index is 1.14. The van der Waals surface area contributed by atoms with Crippen LogP contribution in [0, 0.1) is 5.92 Å². The molecule has 0 amide bonds. The standard InChI is InChI=1S/C65H72O11/c1-48(2)38-65(73-45-55-36-22-9-23-37-55)61(66)57(47-68-40-50-26-12-4-13-27-50)75-64(62(65)71-43-53-32-18-7-19-33-53)76-58-56(46-67-39-49-24-10-3-11-25-49)74-63(72-44-54-34-20-8-21-35-54)60(70-42-52-30-16-6-17-31-52)59(58)69-41-51-28-14-5-15-29-51/h3-37,48,56-64,66H,38-47H2,1-2H3. The summed E-state index contributed by atoms with van der Waals surface area (Å²) in [7, 11) is 0. The summed E-state index contributed by atoms with van der Waals surface area (Å²) in [5.41, 5.74) is 5.33. The van der Waals surface area contributed by atoms with Crippen molar-refractivity contribution in [3.05, 3.63) is 251 Å². The van der Waals surface area contributed by atoms with Crippen molar-refractivity contribution in [3.63, 3.8) is 0 Å². The highest BCUT2D eigenvalue weighted by atomic mass is 16.8. The molecule has 11 nitrogen and oxygen atoms in total. The summed E-state index contributed by atoms with van der Waals surface area (Å²) >= 11 is 0. The summed E-state index contributed by atoms with van der Waals surface area (Å²) in [6, 6.07) is 69.9. The Morgan fingerprint density at radius 1 is 0.395 bits per heavy atom. The van der Waals surface area contributed by atoms with Crippen LogP contribution >= 0.6 is 0 Å². The topological polar surface area (TPSA) is 113 Å². The second-order valence-electron chi connectivity index (χ2n) is 20.0. The third kappa shape index (κ3) is 15.4. The predicted octanol–water partition coefficient (Wildman–Crippen LogP) is 11.6. The first-order valence-corrected chi connectivity index (χ1v) is 26.6. The molecule has 76 heavy (non-hydrogen) atoms. The number of rotatable bonds is 27. The second-order valence-corrected chi connectivity index (χ2v) is 20.0. The third-order valence-electron chi connectivity index (χ3n) is 13.7. The fraction of sp³-hybridized carbons (Fsp3) is 0.354. The zero-order valence-corrected chi connectivity index (χ0v) is 43.6. The SMILES string of the molecule is CC(C)CC1(OCc2ccccc2)C(O)C(COCc2ccccc2)OC(OC2C(COCc3ccccc3)OC(OCc3ccccc3)C(OCc3ccccc3)C2OCc2ccccc2)C1OCc1ccccc1. The maximum atomic E-state index is 13.1. The molecule has 2 fully saturated rings. The van der Waals surface area contributed by atoms with E-state index in [0.29, 0.717) is 19.6 Å². The van der Waals surface area contributed by atoms with Crippen molar-refractivity contribution in [2.24, 2.45) is 5.92 Å². The molecule has 9 rings (SSSR count).